The topological polar surface area (TPSA) is 125 Å². The summed E-state index contributed by atoms with van der Waals surface area (Å²) in [5.74, 6) is -1.25. The predicted molar refractivity (Wildman–Crippen MR) is 150 cm³/mol. The van der Waals surface area contributed by atoms with Crippen molar-refractivity contribution < 1.29 is 23.9 Å². The van der Waals surface area contributed by atoms with Crippen molar-refractivity contribution in [1.29, 1.82) is 0 Å². The fourth-order valence-corrected chi connectivity index (χ4v) is 6.93. The fraction of sp³-hybridized carbons (Fsp3) is 0.733. The fourth-order valence-electron chi connectivity index (χ4n) is 6.93. The molecule has 1 aliphatic carbocycles. The van der Waals surface area contributed by atoms with Gasteiger partial charge in [-0.3, -0.25) is 9.59 Å². The monoisotopic (exact) mass is 569 g/mol. The van der Waals surface area contributed by atoms with Gasteiger partial charge in [-0.25, -0.2) is 9.36 Å². The third kappa shape index (κ3) is 5.90. The molecule has 41 heavy (non-hydrogen) atoms. The van der Waals surface area contributed by atoms with E-state index in [9.17, 15) is 19.2 Å². The van der Waals surface area contributed by atoms with E-state index in [1.807, 2.05) is 27.7 Å². The van der Waals surface area contributed by atoms with Gasteiger partial charge in [0.1, 0.15) is 18.5 Å². The molecular weight excluding hydrogens is 526 g/mol. The summed E-state index contributed by atoms with van der Waals surface area (Å²) < 4.78 is 15.2. The molecule has 5 rings (SSSR count). The number of nitrogens with zero attached hydrogens (tertiary/aromatic N) is 5. The Bertz CT molecular complexity index is 1330. The lowest BCUT2D eigenvalue weighted by atomic mass is 9.77. The molecule has 0 radical (unpaired) electrons. The second-order valence-corrected chi connectivity index (χ2v) is 13.0. The van der Waals surface area contributed by atoms with Crippen LogP contribution in [-0.2, 0) is 25.7 Å². The SMILES string of the molecule is CC[C@@H]1[C@@H]2CN(C(=O)[C@H](C(C)(C)C)CC(=O)O[C@@H]3CCC[C@H]3CCCCCn3c(nc4ccnn4c3=O)O2)[C@@H]1C=O. The van der Waals surface area contributed by atoms with Crippen molar-refractivity contribution >= 4 is 23.8 Å². The van der Waals surface area contributed by atoms with Gasteiger partial charge in [-0.05, 0) is 49.9 Å². The number of hydrogen-bond donors (Lipinski definition) is 0. The van der Waals surface area contributed by atoms with E-state index in [1.54, 1.807) is 11.0 Å². The number of amides is 1. The van der Waals surface area contributed by atoms with Crippen LogP contribution < -0.4 is 10.4 Å². The Kier molecular flexibility index (Phi) is 8.52. The zero-order chi connectivity index (χ0) is 29.3. The molecule has 2 aliphatic heterocycles. The molecule has 0 N–H and O–H groups in total. The smallest absolute Gasteiger partial charge is 0.354 e. The molecule has 0 spiro atoms. The van der Waals surface area contributed by atoms with Crippen molar-refractivity contribution in [2.75, 3.05) is 6.54 Å². The van der Waals surface area contributed by atoms with Crippen LogP contribution in [0.3, 0.4) is 0 Å². The second kappa shape index (κ2) is 11.9. The first-order valence-corrected chi connectivity index (χ1v) is 15.2. The molecule has 3 aliphatic rings. The zero-order valence-electron chi connectivity index (χ0n) is 24.7. The van der Waals surface area contributed by atoms with Crippen LogP contribution in [0.15, 0.2) is 17.1 Å². The van der Waals surface area contributed by atoms with Crippen LogP contribution in [0.4, 0.5) is 0 Å². The minimum absolute atomic E-state index is 0.0328. The van der Waals surface area contributed by atoms with E-state index >= 15 is 0 Å². The number of fused-ring (bicyclic) bond motifs is 5. The number of aldehydes is 1. The Labute approximate surface area is 240 Å². The molecular formula is C30H43N5O6. The van der Waals surface area contributed by atoms with E-state index in [4.69, 9.17) is 9.47 Å². The van der Waals surface area contributed by atoms with Gasteiger partial charge >= 0.3 is 17.7 Å². The lowest BCUT2D eigenvalue weighted by molar-refractivity contribution is -0.157. The Balaban J connectivity index is 1.53. The molecule has 0 unspecified atom stereocenters. The Morgan fingerprint density at radius 3 is 2.54 bits per heavy atom. The van der Waals surface area contributed by atoms with Gasteiger partial charge in [0.15, 0.2) is 5.65 Å². The predicted octanol–water partition coefficient (Wildman–Crippen LogP) is 3.41. The first-order chi connectivity index (χ1) is 19.6. The van der Waals surface area contributed by atoms with E-state index in [1.165, 1.54) is 15.3 Å². The summed E-state index contributed by atoms with van der Waals surface area (Å²) in [6, 6.07) is 1.12. The van der Waals surface area contributed by atoms with E-state index in [0.29, 0.717) is 24.5 Å². The number of aromatic nitrogens is 4. The van der Waals surface area contributed by atoms with Gasteiger partial charge in [-0.15, -0.1) is 0 Å². The van der Waals surface area contributed by atoms with Crippen LogP contribution in [0.25, 0.3) is 5.65 Å². The molecule has 11 heteroatoms. The van der Waals surface area contributed by atoms with Crippen LogP contribution in [0.5, 0.6) is 6.01 Å². The summed E-state index contributed by atoms with van der Waals surface area (Å²) in [6.45, 7) is 8.34. The quantitative estimate of drug-likeness (QED) is 0.398. The molecule has 1 saturated heterocycles. The normalized spacial score (nSPS) is 30.2. The van der Waals surface area contributed by atoms with Gasteiger partial charge in [-0.2, -0.15) is 14.6 Å². The number of carbonyl (C=O) groups excluding carboxylic acids is 3. The highest BCUT2D eigenvalue weighted by molar-refractivity contribution is 5.87. The van der Waals surface area contributed by atoms with E-state index in [-0.39, 0.29) is 48.6 Å². The summed E-state index contributed by atoms with van der Waals surface area (Å²) in [7, 11) is 0. The Morgan fingerprint density at radius 2 is 1.80 bits per heavy atom. The van der Waals surface area contributed by atoms with Crippen LogP contribution in [0.2, 0.25) is 0 Å². The van der Waals surface area contributed by atoms with Gasteiger partial charge in [0.05, 0.1) is 31.1 Å². The van der Waals surface area contributed by atoms with Gasteiger partial charge in [0.25, 0.3) is 0 Å². The van der Waals surface area contributed by atoms with Crippen molar-refractivity contribution in [2.45, 2.75) is 110 Å². The van der Waals surface area contributed by atoms with E-state index in [0.717, 1.165) is 51.2 Å². The second-order valence-electron chi connectivity index (χ2n) is 13.0. The molecule has 2 aromatic rings. The molecule has 1 amide bonds. The first-order valence-electron chi connectivity index (χ1n) is 15.2. The number of hydrogen-bond acceptors (Lipinski definition) is 8. The molecule has 1 saturated carbocycles. The minimum atomic E-state index is -0.710. The van der Waals surface area contributed by atoms with Crippen LogP contribution >= 0.6 is 0 Å². The number of rotatable bonds is 2. The maximum Gasteiger partial charge on any atom is 0.354 e. The average Bonchev–Trinajstić information content (AvgIpc) is 3.65. The standard InChI is InChI=1S/C30H43N5O6/c1-5-20-22(18-36)34-17-24(20)41-28-32-25-13-14-31-35(25)29(39)33(28)15-8-6-7-10-19-11-9-12-23(19)40-26(37)16-21(27(34)38)30(2,3)4/h13-14,18-24H,5-12,15-17H2,1-4H3/t19-,20+,21-,22-,23-,24+/m1/s1. The van der Waals surface area contributed by atoms with Crippen molar-refractivity contribution in [3.05, 3.63) is 22.7 Å². The van der Waals surface area contributed by atoms with Crippen molar-refractivity contribution in [3.8, 4) is 6.01 Å². The maximum atomic E-state index is 14.1. The minimum Gasteiger partial charge on any atom is -0.462 e. The van der Waals surface area contributed by atoms with Crippen LogP contribution in [0.1, 0.15) is 85.5 Å². The molecule has 6 atom stereocenters. The van der Waals surface area contributed by atoms with Crippen LogP contribution in [-0.4, -0.2) is 67.0 Å². The summed E-state index contributed by atoms with van der Waals surface area (Å²) in [5, 5.41) is 4.14. The highest BCUT2D eigenvalue weighted by atomic mass is 16.5. The Morgan fingerprint density at radius 1 is 1.02 bits per heavy atom. The van der Waals surface area contributed by atoms with E-state index < -0.39 is 23.5 Å². The summed E-state index contributed by atoms with van der Waals surface area (Å²) in [6.07, 6.45) is 8.65. The lowest BCUT2D eigenvalue weighted by Gasteiger charge is -2.34. The van der Waals surface area contributed by atoms with Crippen molar-refractivity contribution in [2.24, 2.45) is 23.2 Å². The highest BCUT2D eigenvalue weighted by Gasteiger charge is 2.48. The third-order valence-corrected chi connectivity index (χ3v) is 9.32. The number of esters is 1. The largest absolute Gasteiger partial charge is 0.462 e. The third-order valence-electron chi connectivity index (χ3n) is 9.32. The summed E-state index contributed by atoms with van der Waals surface area (Å²) in [4.78, 5) is 59.3. The van der Waals surface area contributed by atoms with Crippen molar-refractivity contribution in [3.63, 3.8) is 0 Å². The Hall–Kier alpha value is -3.24. The maximum absolute atomic E-state index is 14.1. The summed E-state index contributed by atoms with van der Waals surface area (Å²) in [5.41, 5.74) is -0.478. The molecule has 224 valence electrons. The lowest BCUT2D eigenvalue weighted by Crippen LogP contribution is -2.46. The van der Waals surface area contributed by atoms with Gasteiger partial charge in [0, 0.05) is 18.5 Å². The first kappa shape index (κ1) is 29.3. The van der Waals surface area contributed by atoms with Crippen LogP contribution in [0, 0.1) is 23.2 Å². The summed E-state index contributed by atoms with van der Waals surface area (Å²) >= 11 is 0. The van der Waals surface area contributed by atoms with Crippen molar-refractivity contribution in [1.82, 2.24) is 24.1 Å². The number of carbonyl (C=O) groups is 3. The molecule has 2 fully saturated rings. The average molecular weight is 570 g/mol. The van der Waals surface area contributed by atoms with E-state index in [2.05, 4.69) is 10.1 Å². The molecule has 2 bridgehead atoms. The zero-order valence-corrected chi connectivity index (χ0v) is 24.7. The van der Waals surface area contributed by atoms with Gasteiger partial charge in [0.2, 0.25) is 5.91 Å². The molecule has 4 heterocycles. The van der Waals surface area contributed by atoms with Gasteiger partial charge < -0.3 is 19.2 Å². The molecule has 11 nitrogen and oxygen atoms in total. The highest BCUT2D eigenvalue weighted by Crippen LogP contribution is 2.38. The number of ether oxygens (including phenoxy) is 2. The molecule has 2 aromatic heterocycles. The van der Waals surface area contributed by atoms with Gasteiger partial charge in [-0.1, -0.05) is 40.5 Å². The molecule has 0 aromatic carbocycles.